The maximum atomic E-state index is 11.9. The molecule has 0 aliphatic carbocycles. The highest BCUT2D eigenvalue weighted by Gasteiger charge is 2.36. The maximum absolute atomic E-state index is 11.9. The summed E-state index contributed by atoms with van der Waals surface area (Å²) < 4.78 is 0. The second-order valence-electron chi connectivity index (χ2n) is 3.90. The number of rotatable bonds is 2. The number of anilines is 1. The van der Waals surface area contributed by atoms with Crippen molar-refractivity contribution in [1.29, 1.82) is 0 Å². The largest absolute Gasteiger partial charge is 0.508 e. The summed E-state index contributed by atoms with van der Waals surface area (Å²) in [5.41, 5.74) is 0.360. The molecule has 2 N–H and O–H groups in total. The topological polar surface area (TPSA) is 83.5 Å². The minimum atomic E-state index is -1.21. The Hall–Kier alpha value is -1.82. The number of Topliss-reactive ketones (excluding diaryl/α,β-unsaturated/α-hetero) is 2. The molecule has 1 aliphatic rings. The van der Waals surface area contributed by atoms with Crippen LogP contribution in [0.25, 0.3) is 0 Å². The smallest absolute Gasteiger partial charge is 0.242 e. The third kappa shape index (κ3) is 2.70. The lowest BCUT2D eigenvalue weighted by molar-refractivity contribution is -0.137. The minimum Gasteiger partial charge on any atom is -0.508 e. The van der Waals surface area contributed by atoms with Gasteiger partial charge in [-0.05, 0) is 12.1 Å². The highest BCUT2D eigenvalue weighted by molar-refractivity contribution is 8.00. The number of carbonyl (C=O) groups is 3. The molecule has 6 heteroatoms. The van der Waals surface area contributed by atoms with Crippen molar-refractivity contribution in [3.05, 3.63) is 24.3 Å². The first-order valence-corrected chi connectivity index (χ1v) is 6.46. The Morgan fingerprint density at radius 1 is 1.28 bits per heavy atom. The van der Waals surface area contributed by atoms with Crippen LogP contribution in [0.1, 0.15) is 0 Å². The van der Waals surface area contributed by atoms with Crippen LogP contribution in [0.15, 0.2) is 24.3 Å². The second kappa shape index (κ2) is 5.22. The van der Waals surface area contributed by atoms with Gasteiger partial charge in [-0.15, -0.1) is 11.8 Å². The number of benzene rings is 1. The fourth-order valence-corrected chi connectivity index (χ4v) is 2.53. The molecule has 1 aromatic carbocycles. The van der Waals surface area contributed by atoms with Crippen LogP contribution in [-0.4, -0.2) is 34.1 Å². The zero-order valence-corrected chi connectivity index (χ0v) is 10.2. The number of nitrogens with one attached hydrogen (secondary N) is 1. The van der Waals surface area contributed by atoms with Gasteiger partial charge in [0.1, 0.15) is 5.75 Å². The third-order valence-electron chi connectivity index (χ3n) is 2.51. The van der Waals surface area contributed by atoms with Gasteiger partial charge in [-0.1, -0.05) is 6.07 Å². The first-order valence-electron chi connectivity index (χ1n) is 5.31. The molecule has 1 fully saturated rings. The Kier molecular flexibility index (Phi) is 3.66. The van der Waals surface area contributed by atoms with E-state index in [0.29, 0.717) is 5.69 Å². The Balaban J connectivity index is 2.12. The first kappa shape index (κ1) is 12.6. The van der Waals surface area contributed by atoms with Crippen molar-refractivity contribution in [2.75, 3.05) is 16.8 Å². The molecule has 1 aliphatic heterocycles. The predicted molar refractivity (Wildman–Crippen MR) is 67.6 cm³/mol. The minimum absolute atomic E-state index is 0.00431. The van der Waals surface area contributed by atoms with Crippen LogP contribution in [-0.2, 0) is 14.4 Å². The molecule has 0 atom stereocenters. The molecule has 1 heterocycles. The summed E-state index contributed by atoms with van der Waals surface area (Å²) in [6.45, 7) is 0. The third-order valence-corrected chi connectivity index (χ3v) is 3.49. The predicted octanol–water partition coefficient (Wildman–Crippen LogP) is 0.832. The number of thioether (sulfide) groups is 1. The molecular weight excluding hydrogens is 254 g/mol. The molecule has 5 nitrogen and oxygen atoms in total. The summed E-state index contributed by atoms with van der Waals surface area (Å²) in [6.07, 6.45) is 0. The van der Waals surface area contributed by atoms with E-state index in [2.05, 4.69) is 5.32 Å². The monoisotopic (exact) mass is 265 g/mol. The van der Waals surface area contributed by atoms with Crippen molar-refractivity contribution >= 4 is 34.9 Å². The molecule has 0 saturated carbocycles. The number of aromatic hydroxyl groups is 1. The molecule has 0 spiro atoms. The van der Waals surface area contributed by atoms with Gasteiger partial charge in [-0.2, -0.15) is 0 Å². The van der Waals surface area contributed by atoms with Crippen molar-refractivity contribution in [3.8, 4) is 5.75 Å². The zero-order valence-electron chi connectivity index (χ0n) is 9.38. The Morgan fingerprint density at radius 2 is 1.94 bits per heavy atom. The first-order chi connectivity index (χ1) is 8.58. The van der Waals surface area contributed by atoms with E-state index in [0.717, 1.165) is 0 Å². The van der Waals surface area contributed by atoms with Crippen molar-refractivity contribution in [1.82, 2.24) is 0 Å². The maximum Gasteiger partial charge on any atom is 0.242 e. The number of hydrogen-bond donors (Lipinski definition) is 2. The van der Waals surface area contributed by atoms with E-state index in [1.807, 2.05) is 0 Å². The summed E-state index contributed by atoms with van der Waals surface area (Å²) >= 11 is 1.22. The summed E-state index contributed by atoms with van der Waals surface area (Å²) in [5, 5.41) is 11.7. The van der Waals surface area contributed by atoms with Gasteiger partial charge < -0.3 is 10.4 Å². The normalized spacial score (nSPS) is 16.7. The second-order valence-corrected chi connectivity index (χ2v) is 4.88. The van der Waals surface area contributed by atoms with Gasteiger partial charge in [-0.25, -0.2) is 0 Å². The number of phenols is 1. The fraction of sp³-hybridized carbons (Fsp3) is 0.250. The quantitative estimate of drug-likeness (QED) is 0.774. The number of phenolic OH excluding ortho intramolecular Hbond substituents is 1. The van der Waals surface area contributed by atoms with Crippen LogP contribution in [0.2, 0.25) is 0 Å². The number of hydrogen-bond acceptors (Lipinski definition) is 5. The average Bonchev–Trinajstić information content (AvgIpc) is 2.28. The summed E-state index contributed by atoms with van der Waals surface area (Å²) in [6, 6.07) is 5.95. The van der Waals surface area contributed by atoms with E-state index < -0.39 is 11.8 Å². The van der Waals surface area contributed by atoms with Crippen molar-refractivity contribution < 1.29 is 19.5 Å². The summed E-state index contributed by atoms with van der Waals surface area (Å²) in [4.78, 5) is 35.0. The molecule has 0 bridgehead atoms. The zero-order chi connectivity index (χ0) is 13.1. The molecule has 0 unspecified atom stereocenters. The summed E-state index contributed by atoms with van der Waals surface area (Å²) in [7, 11) is 0. The van der Waals surface area contributed by atoms with Crippen LogP contribution >= 0.6 is 11.8 Å². The van der Waals surface area contributed by atoms with E-state index in [4.69, 9.17) is 0 Å². The van der Waals surface area contributed by atoms with Crippen LogP contribution in [0, 0.1) is 5.92 Å². The lowest BCUT2D eigenvalue weighted by atomic mass is 9.99. The molecule has 2 rings (SSSR count). The number of carbonyl (C=O) groups excluding carboxylic acids is 3. The van der Waals surface area contributed by atoms with Gasteiger partial charge in [-0.3, -0.25) is 14.4 Å². The lowest BCUT2D eigenvalue weighted by Crippen LogP contribution is -2.41. The highest BCUT2D eigenvalue weighted by Crippen LogP contribution is 2.20. The highest BCUT2D eigenvalue weighted by atomic mass is 32.2. The molecular formula is C12H11NO4S. The van der Waals surface area contributed by atoms with Crippen molar-refractivity contribution in [2.24, 2.45) is 5.92 Å². The van der Waals surface area contributed by atoms with E-state index >= 15 is 0 Å². The van der Waals surface area contributed by atoms with Crippen molar-refractivity contribution in [2.45, 2.75) is 0 Å². The standard InChI is InChI=1S/C12H11NO4S/c14-8-3-1-2-7(4-8)13-12(17)11-9(15)5-18-6-10(11)16/h1-4,11,14H,5-6H2,(H,13,17). The Labute approximate surface area is 108 Å². The van der Waals surface area contributed by atoms with Gasteiger partial charge in [0.2, 0.25) is 5.91 Å². The molecule has 94 valence electrons. The van der Waals surface area contributed by atoms with Gasteiger partial charge in [0, 0.05) is 11.8 Å². The molecule has 1 amide bonds. The Bertz CT molecular complexity index is 499. The number of ketones is 2. The van der Waals surface area contributed by atoms with E-state index in [1.165, 1.54) is 23.9 Å². The molecule has 1 aromatic rings. The molecule has 1 saturated heterocycles. The SMILES string of the molecule is O=C1CSCC(=O)C1C(=O)Nc1cccc(O)c1. The van der Waals surface area contributed by atoms with Crippen LogP contribution < -0.4 is 5.32 Å². The molecule has 0 radical (unpaired) electrons. The fourth-order valence-electron chi connectivity index (χ4n) is 1.69. The van der Waals surface area contributed by atoms with E-state index in [-0.39, 0.29) is 28.8 Å². The molecule has 18 heavy (non-hydrogen) atoms. The van der Waals surface area contributed by atoms with Crippen LogP contribution in [0.3, 0.4) is 0 Å². The lowest BCUT2D eigenvalue weighted by Gasteiger charge is -2.18. The van der Waals surface area contributed by atoms with E-state index in [1.54, 1.807) is 12.1 Å². The Morgan fingerprint density at radius 3 is 2.56 bits per heavy atom. The van der Waals surface area contributed by atoms with Gasteiger partial charge >= 0.3 is 0 Å². The summed E-state index contributed by atoms with van der Waals surface area (Å²) in [5.74, 6) is -2.20. The van der Waals surface area contributed by atoms with Crippen molar-refractivity contribution in [3.63, 3.8) is 0 Å². The number of amides is 1. The van der Waals surface area contributed by atoms with Gasteiger partial charge in [0.05, 0.1) is 11.5 Å². The van der Waals surface area contributed by atoms with Gasteiger partial charge in [0.25, 0.3) is 0 Å². The van der Waals surface area contributed by atoms with E-state index in [9.17, 15) is 19.5 Å². The van der Waals surface area contributed by atoms with Crippen LogP contribution in [0.4, 0.5) is 5.69 Å². The van der Waals surface area contributed by atoms with Crippen LogP contribution in [0.5, 0.6) is 5.75 Å². The average molecular weight is 265 g/mol. The molecule has 0 aromatic heterocycles. The van der Waals surface area contributed by atoms with Gasteiger partial charge in [0.15, 0.2) is 17.5 Å².